The molecule has 20 heavy (non-hydrogen) atoms. The highest BCUT2D eigenvalue weighted by Gasteiger charge is 2.05. The highest BCUT2D eigenvalue weighted by molar-refractivity contribution is 5.25. The van der Waals surface area contributed by atoms with Crippen LogP contribution in [0.4, 0.5) is 0 Å². The SMILES string of the molecule is Cc1nc(Oc2ccccc2)ncc1CNCC(C)C. The van der Waals surface area contributed by atoms with Crippen molar-refractivity contribution in [3.8, 4) is 11.8 Å². The van der Waals surface area contributed by atoms with E-state index in [2.05, 4.69) is 29.1 Å². The Balaban J connectivity index is 1.98. The Bertz CT molecular complexity index is 541. The van der Waals surface area contributed by atoms with Crippen LogP contribution in [0.1, 0.15) is 25.1 Å². The fourth-order valence-corrected chi connectivity index (χ4v) is 1.78. The number of aryl methyl sites for hydroxylation is 1. The lowest BCUT2D eigenvalue weighted by Crippen LogP contribution is -2.20. The number of nitrogens with zero attached hydrogens (tertiary/aromatic N) is 2. The van der Waals surface area contributed by atoms with Gasteiger partial charge < -0.3 is 10.1 Å². The number of para-hydroxylation sites is 1. The molecule has 0 aliphatic carbocycles. The lowest BCUT2D eigenvalue weighted by Gasteiger charge is -2.10. The molecule has 0 fully saturated rings. The van der Waals surface area contributed by atoms with Gasteiger partial charge in [0.2, 0.25) is 0 Å². The fraction of sp³-hybridized carbons (Fsp3) is 0.375. The molecule has 1 aromatic carbocycles. The molecule has 0 saturated carbocycles. The van der Waals surface area contributed by atoms with Crippen molar-refractivity contribution < 1.29 is 4.74 Å². The van der Waals surface area contributed by atoms with E-state index in [-0.39, 0.29) is 0 Å². The van der Waals surface area contributed by atoms with Gasteiger partial charge in [-0.15, -0.1) is 0 Å². The largest absolute Gasteiger partial charge is 0.424 e. The van der Waals surface area contributed by atoms with Crippen LogP contribution in [0.2, 0.25) is 0 Å². The van der Waals surface area contributed by atoms with E-state index in [4.69, 9.17) is 4.74 Å². The zero-order valence-electron chi connectivity index (χ0n) is 12.3. The summed E-state index contributed by atoms with van der Waals surface area (Å²) in [5, 5.41) is 3.39. The Morgan fingerprint density at radius 3 is 2.60 bits per heavy atom. The van der Waals surface area contributed by atoms with Crippen molar-refractivity contribution in [3.05, 3.63) is 47.8 Å². The first kappa shape index (κ1) is 14.5. The summed E-state index contributed by atoms with van der Waals surface area (Å²) in [5.74, 6) is 1.38. The average molecular weight is 271 g/mol. The highest BCUT2D eigenvalue weighted by Crippen LogP contribution is 2.17. The Morgan fingerprint density at radius 2 is 1.95 bits per heavy atom. The summed E-state index contributed by atoms with van der Waals surface area (Å²) >= 11 is 0. The maximum atomic E-state index is 5.61. The van der Waals surface area contributed by atoms with E-state index >= 15 is 0 Å². The summed E-state index contributed by atoms with van der Waals surface area (Å²) in [6.45, 7) is 8.13. The van der Waals surface area contributed by atoms with Gasteiger partial charge >= 0.3 is 6.01 Å². The second kappa shape index (κ2) is 7.01. The van der Waals surface area contributed by atoms with E-state index in [1.165, 1.54) is 0 Å². The summed E-state index contributed by atoms with van der Waals surface area (Å²) in [4.78, 5) is 8.65. The molecule has 0 amide bonds. The molecule has 0 saturated heterocycles. The third-order valence-electron chi connectivity index (χ3n) is 2.88. The van der Waals surface area contributed by atoms with Gasteiger partial charge in [0, 0.05) is 24.0 Å². The van der Waals surface area contributed by atoms with Gasteiger partial charge in [-0.2, -0.15) is 4.98 Å². The summed E-state index contributed by atoms with van der Waals surface area (Å²) in [7, 11) is 0. The average Bonchev–Trinajstić information content (AvgIpc) is 2.42. The molecular weight excluding hydrogens is 250 g/mol. The van der Waals surface area contributed by atoms with Crippen molar-refractivity contribution in [1.29, 1.82) is 0 Å². The van der Waals surface area contributed by atoms with Crippen LogP contribution in [0, 0.1) is 12.8 Å². The van der Waals surface area contributed by atoms with Crippen molar-refractivity contribution >= 4 is 0 Å². The minimum atomic E-state index is 0.390. The molecule has 2 rings (SSSR count). The number of rotatable bonds is 6. The second-order valence-corrected chi connectivity index (χ2v) is 5.20. The van der Waals surface area contributed by atoms with Crippen LogP contribution >= 0.6 is 0 Å². The van der Waals surface area contributed by atoms with Crippen molar-refractivity contribution in [3.63, 3.8) is 0 Å². The molecule has 2 aromatic rings. The van der Waals surface area contributed by atoms with Gasteiger partial charge in [0.15, 0.2) is 0 Å². The van der Waals surface area contributed by atoms with Crippen LogP contribution in [0.3, 0.4) is 0 Å². The molecule has 0 spiro atoms. The number of benzene rings is 1. The van der Waals surface area contributed by atoms with Gasteiger partial charge in [-0.05, 0) is 31.5 Å². The van der Waals surface area contributed by atoms with Gasteiger partial charge in [0.25, 0.3) is 0 Å². The molecule has 1 N–H and O–H groups in total. The van der Waals surface area contributed by atoms with Crippen LogP contribution in [0.5, 0.6) is 11.8 Å². The zero-order valence-corrected chi connectivity index (χ0v) is 12.3. The molecule has 0 radical (unpaired) electrons. The first-order chi connectivity index (χ1) is 9.65. The minimum absolute atomic E-state index is 0.390. The van der Waals surface area contributed by atoms with E-state index in [1.807, 2.05) is 43.5 Å². The lowest BCUT2D eigenvalue weighted by atomic mass is 10.2. The summed E-state index contributed by atoms with van der Waals surface area (Å²) < 4.78 is 5.61. The number of ether oxygens (including phenoxy) is 1. The molecule has 0 atom stereocenters. The number of nitrogens with one attached hydrogen (secondary N) is 1. The van der Waals surface area contributed by atoms with Gasteiger partial charge in [-0.3, -0.25) is 0 Å². The topological polar surface area (TPSA) is 47.0 Å². The van der Waals surface area contributed by atoms with E-state index in [9.17, 15) is 0 Å². The predicted molar refractivity (Wildman–Crippen MR) is 79.8 cm³/mol. The first-order valence-corrected chi connectivity index (χ1v) is 6.91. The summed E-state index contributed by atoms with van der Waals surface area (Å²) in [5.41, 5.74) is 2.05. The smallest absolute Gasteiger partial charge is 0.322 e. The van der Waals surface area contributed by atoms with Crippen molar-refractivity contribution in [1.82, 2.24) is 15.3 Å². The normalized spacial score (nSPS) is 10.8. The number of hydrogen-bond donors (Lipinski definition) is 1. The van der Waals surface area contributed by atoms with Gasteiger partial charge in [0.05, 0.1) is 0 Å². The van der Waals surface area contributed by atoms with E-state index in [1.54, 1.807) is 0 Å². The molecule has 1 aromatic heterocycles. The predicted octanol–water partition coefficient (Wildman–Crippen LogP) is 3.32. The van der Waals surface area contributed by atoms with Crippen LogP contribution in [-0.4, -0.2) is 16.5 Å². The monoisotopic (exact) mass is 271 g/mol. The zero-order chi connectivity index (χ0) is 14.4. The third-order valence-corrected chi connectivity index (χ3v) is 2.88. The molecule has 4 nitrogen and oxygen atoms in total. The highest BCUT2D eigenvalue weighted by atomic mass is 16.5. The minimum Gasteiger partial charge on any atom is -0.424 e. The van der Waals surface area contributed by atoms with Crippen LogP contribution in [-0.2, 0) is 6.54 Å². The van der Waals surface area contributed by atoms with Crippen LogP contribution in [0.25, 0.3) is 0 Å². The summed E-state index contributed by atoms with van der Waals surface area (Å²) in [6, 6.07) is 9.95. The molecule has 0 unspecified atom stereocenters. The Labute approximate surface area is 120 Å². The van der Waals surface area contributed by atoms with E-state index < -0.39 is 0 Å². The van der Waals surface area contributed by atoms with Crippen LogP contribution in [0.15, 0.2) is 36.5 Å². The molecule has 0 aliphatic heterocycles. The molecule has 0 aliphatic rings. The van der Waals surface area contributed by atoms with E-state index in [0.29, 0.717) is 11.9 Å². The van der Waals surface area contributed by atoms with Crippen molar-refractivity contribution in [2.75, 3.05) is 6.54 Å². The molecule has 0 bridgehead atoms. The van der Waals surface area contributed by atoms with Gasteiger partial charge in [-0.25, -0.2) is 4.98 Å². The molecule has 1 heterocycles. The third kappa shape index (κ3) is 4.31. The molecular formula is C16H21N3O. The van der Waals surface area contributed by atoms with Gasteiger partial charge in [-0.1, -0.05) is 32.0 Å². The Morgan fingerprint density at radius 1 is 1.20 bits per heavy atom. The molecule has 106 valence electrons. The van der Waals surface area contributed by atoms with Crippen LogP contribution < -0.4 is 10.1 Å². The second-order valence-electron chi connectivity index (χ2n) is 5.20. The maximum absolute atomic E-state index is 5.61. The van der Waals surface area contributed by atoms with Crippen molar-refractivity contribution in [2.45, 2.75) is 27.3 Å². The number of hydrogen-bond acceptors (Lipinski definition) is 4. The first-order valence-electron chi connectivity index (χ1n) is 6.91. The van der Waals surface area contributed by atoms with Crippen molar-refractivity contribution in [2.24, 2.45) is 5.92 Å². The standard InChI is InChI=1S/C16H21N3O/c1-12(2)9-17-10-14-11-18-16(19-13(14)3)20-15-7-5-4-6-8-15/h4-8,11-12,17H,9-10H2,1-3H3. The maximum Gasteiger partial charge on any atom is 0.322 e. The number of aromatic nitrogens is 2. The van der Waals surface area contributed by atoms with Gasteiger partial charge in [0.1, 0.15) is 5.75 Å². The fourth-order valence-electron chi connectivity index (χ4n) is 1.78. The quantitative estimate of drug-likeness (QED) is 0.875. The Hall–Kier alpha value is -1.94. The lowest BCUT2D eigenvalue weighted by molar-refractivity contribution is 0.438. The van der Waals surface area contributed by atoms with E-state index in [0.717, 1.165) is 30.1 Å². The Kier molecular flexibility index (Phi) is 5.07. The summed E-state index contributed by atoms with van der Waals surface area (Å²) in [6.07, 6.45) is 1.83. The molecule has 4 heteroatoms.